The Morgan fingerprint density at radius 2 is 1.76 bits per heavy atom. The molecule has 1 unspecified atom stereocenters. The number of unbranched alkanes of at least 4 members (excludes halogenated alkanes) is 1. The second-order valence-corrected chi connectivity index (χ2v) is 9.24. The summed E-state index contributed by atoms with van der Waals surface area (Å²) in [6.07, 6.45) is -0.608. The van der Waals surface area contributed by atoms with Crippen LogP contribution in [0, 0.1) is 0 Å². The Balaban J connectivity index is 2.15. The number of rotatable bonds is 16. The van der Waals surface area contributed by atoms with Gasteiger partial charge in [-0.15, -0.1) is 0 Å². The SMILES string of the molecule is CNC(=O)OC(CNC(=O)CCS)c1ccc(OC(=O)[C@H](CCCCN)NC(=O)OCc2ccccc2)c(OC)c1. The zero-order valence-electron chi connectivity index (χ0n) is 23.2. The summed E-state index contributed by atoms with van der Waals surface area (Å²) in [6, 6.07) is 12.7. The van der Waals surface area contributed by atoms with Crippen LogP contribution in [0.1, 0.15) is 42.9 Å². The van der Waals surface area contributed by atoms with E-state index in [4.69, 9.17) is 24.7 Å². The summed E-state index contributed by atoms with van der Waals surface area (Å²) in [4.78, 5) is 49.4. The minimum Gasteiger partial charge on any atom is -0.493 e. The highest BCUT2D eigenvalue weighted by Gasteiger charge is 2.26. The van der Waals surface area contributed by atoms with Crippen LogP contribution in [0.15, 0.2) is 48.5 Å². The molecular formula is C28H38N4O8S. The highest BCUT2D eigenvalue weighted by atomic mass is 32.1. The fourth-order valence-electron chi connectivity index (χ4n) is 3.61. The molecule has 0 aliphatic carbocycles. The molecular weight excluding hydrogens is 552 g/mol. The number of amides is 3. The van der Waals surface area contributed by atoms with Crippen molar-refractivity contribution in [2.45, 2.75) is 44.4 Å². The first-order valence-corrected chi connectivity index (χ1v) is 13.8. The zero-order valence-corrected chi connectivity index (χ0v) is 24.1. The predicted octanol–water partition coefficient (Wildman–Crippen LogP) is 2.86. The quantitative estimate of drug-likeness (QED) is 0.0855. The lowest BCUT2D eigenvalue weighted by Gasteiger charge is -2.21. The molecule has 0 heterocycles. The van der Waals surface area contributed by atoms with Crippen molar-refractivity contribution in [3.05, 3.63) is 59.7 Å². The number of nitrogens with two attached hydrogens (primary N) is 1. The molecule has 224 valence electrons. The first-order valence-electron chi connectivity index (χ1n) is 13.1. The summed E-state index contributed by atoms with van der Waals surface area (Å²) < 4.78 is 21.7. The van der Waals surface area contributed by atoms with Gasteiger partial charge in [-0.3, -0.25) is 4.79 Å². The summed E-state index contributed by atoms with van der Waals surface area (Å²) >= 11 is 4.04. The Kier molecular flexibility index (Phi) is 14.9. The first-order chi connectivity index (χ1) is 19.8. The van der Waals surface area contributed by atoms with Gasteiger partial charge in [0.2, 0.25) is 5.91 Å². The Bertz CT molecular complexity index is 1140. The van der Waals surface area contributed by atoms with Gasteiger partial charge in [-0.2, -0.15) is 12.6 Å². The third kappa shape index (κ3) is 12.0. The van der Waals surface area contributed by atoms with E-state index in [9.17, 15) is 19.2 Å². The first kappa shape index (κ1) is 33.2. The van der Waals surface area contributed by atoms with Gasteiger partial charge in [-0.1, -0.05) is 36.4 Å². The van der Waals surface area contributed by atoms with E-state index in [-0.39, 0.29) is 43.4 Å². The second kappa shape index (κ2) is 18.4. The third-order valence-electron chi connectivity index (χ3n) is 5.78. The Labute approximate surface area is 245 Å². The van der Waals surface area contributed by atoms with Crippen molar-refractivity contribution >= 4 is 36.7 Å². The third-order valence-corrected chi connectivity index (χ3v) is 6.01. The Morgan fingerprint density at radius 3 is 2.41 bits per heavy atom. The molecule has 41 heavy (non-hydrogen) atoms. The molecule has 0 saturated carbocycles. The molecule has 12 nitrogen and oxygen atoms in total. The van der Waals surface area contributed by atoms with Crippen LogP contribution in [0.4, 0.5) is 9.59 Å². The van der Waals surface area contributed by atoms with Crippen molar-refractivity contribution < 1.29 is 38.1 Å². The summed E-state index contributed by atoms with van der Waals surface area (Å²) in [5.74, 6) is -0.341. The average molecular weight is 591 g/mol. The molecule has 0 spiro atoms. The van der Waals surface area contributed by atoms with Gasteiger partial charge in [0.1, 0.15) is 18.8 Å². The van der Waals surface area contributed by atoms with E-state index in [1.54, 1.807) is 6.07 Å². The molecule has 2 rings (SSSR count). The number of carbonyl (C=O) groups is 4. The van der Waals surface area contributed by atoms with E-state index in [2.05, 4.69) is 28.6 Å². The topological polar surface area (TPSA) is 167 Å². The van der Waals surface area contributed by atoms with Gasteiger partial charge in [-0.25, -0.2) is 14.4 Å². The fourth-order valence-corrected chi connectivity index (χ4v) is 3.81. The van der Waals surface area contributed by atoms with Crippen molar-refractivity contribution in [2.75, 3.05) is 33.0 Å². The van der Waals surface area contributed by atoms with E-state index in [1.807, 2.05) is 30.3 Å². The van der Waals surface area contributed by atoms with E-state index in [1.165, 1.54) is 26.3 Å². The molecule has 13 heteroatoms. The van der Waals surface area contributed by atoms with Gasteiger partial charge in [0.05, 0.1) is 13.7 Å². The molecule has 0 bridgehead atoms. The standard InChI is InChI=1S/C28H38N4O8S/c1-30-27(35)40-24(17-31-25(33)13-15-41)20-11-12-22(23(16-20)37-2)39-26(34)21(10-6-7-14-29)32-28(36)38-18-19-8-4-3-5-9-19/h3-5,8-9,11-12,16,21,24,41H,6-7,10,13-15,17-18,29H2,1-2H3,(H,30,35)(H,31,33)(H,32,36)/t21-,24?/m0/s1. The van der Waals surface area contributed by atoms with Crippen molar-refractivity contribution in [2.24, 2.45) is 5.73 Å². The molecule has 5 N–H and O–H groups in total. The number of benzene rings is 2. The molecule has 2 atom stereocenters. The number of carbonyl (C=O) groups excluding carboxylic acids is 4. The summed E-state index contributed by atoms with van der Waals surface area (Å²) in [7, 11) is 2.80. The van der Waals surface area contributed by atoms with Gasteiger partial charge < -0.3 is 40.6 Å². The van der Waals surface area contributed by atoms with Crippen LogP contribution < -0.4 is 31.2 Å². The summed E-state index contributed by atoms with van der Waals surface area (Å²) in [5, 5.41) is 7.64. The molecule has 2 aromatic rings. The van der Waals surface area contributed by atoms with Crippen molar-refractivity contribution in [1.82, 2.24) is 16.0 Å². The summed E-state index contributed by atoms with van der Waals surface area (Å²) in [6.45, 7) is 0.478. The fraction of sp³-hybridized carbons (Fsp3) is 0.429. The van der Waals surface area contributed by atoms with Crippen LogP contribution in [-0.2, 0) is 25.7 Å². The van der Waals surface area contributed by atoms with Crippen LogP contribution in [0.25, 0.3) is 0 Å². The lowest BCUT2D eigenvalue weighted by Crippen LogP contribution is -2.43. The normalized spacial score (nSPS) is 11.9. The molecule has 0 aliphatic heterocycles. The van der Waals surface area contributed by atoms with E-state index >= 15 is 0 Å². The van der Waals surface area contributed by atoms with Gasteiger partial charge in [0.15, 0.2) is 11.5 Å². The zero-order chi connectivity index (χ0) is 30.0. The number of nitrogens with one attached hydrogen (secondary N) is 3. The molecule has 3 amide bonds. The number of methoxy groups -OCH3 is 1. The molecule has 0 fully saturated rings. The van der Waals surface area contributed by atoms with Crippen LogP contribution in [0.3, 0.4) is 0 Å². The van der Waals surface area contributed by atoms with E-state index in [0.29, 0.717) is 30.7 Å². The molecule has 0 aromatic heterocycles. The van der Waals surface area contributed by atoms with Crippen LogP contribution in [-0.4, -0.2) is 63.1 Å². The van der Waals surface area contributed by atoms with Crippen LogP contribution in [0.5, 0.6) is 11.5 Å². The van der Waals surface area contributed by atoms with Gasteiger partial charge in [0, 0.05) is 13.5 Å². The van der Waals surface area contributed by atoms with Gasteiger partial charge in [0.25, 0.3) is 0 Å². The van der Waals surface area contributed by atoms with E-state index < -0.39 is 30.3 Å². The maximum absolute atomic E-state index is 13.1. The maximum Gasteiger partial charge on any atom is 0.408 e. The van der Waals surface area contributed by atoms with Crippen molar-refractivity contribution in [3.63, 3.8) is 0 Å². The lowest BCUT2D eigenvalue weighted by molar-refractivity contribution is -0.137. The van der Waals surface area contributed by atoms with E-state index in [0.717, 1.165) is 5.56 Å². The van der Waals surface area contributed by atoms with Gasteiger partial charge >= 0.3 is 18.2 Å². The van der Waals surface area contributed by atoms with Crippen molar-refractivity contribution in [3.8, 4) is 11.5 Å². The maximum atomic E-state index is 13.1. The number of hydrogen-bond acceptors (Lipinski definition) is 10. The van der Waals surface area contributed by atoms with Crippen molar-refractivity contribution in [1.29, 1.82) is 0 Å². The molecule has 0 radical (unpaired) electrons. The lowest BCUT2D eigenvalue weighted by atomic mass is 10.1. The molecule has 2 aromatic carbocycles. The predicted molar refractivity (Wildman–Crippen MR) is 155 cm³/mol. The number of ether oxygens (including phenoxy) is 4. The van der Waals surface area contributed by atoms with Crippen LogP contribution >= 0.6 is 12.6 Å². The monoisotopic (exact) mass is 590 g/mol. The smallest absolute Gasteiger partial charge is 0.408 e. The molecule has 0 saturated heterocycles. The largest absolute Gasteiger partial charge is 0.493 e. The number of alkyl carbamates (subject to hydrolysis) is 2. The Morgan fingerprint density at radius 1 is 1.00 bits per heavy atom. The molecule has 0 aliphatic rings. The Hall–Kier alpha value is -3.97. The minimum atomic E-state index is -0.999. The average Bonchev–Trinajstić information content (AvgIpc) is 2.98. The number of thiol groups is 1. The summed E-state index contributed by atoms with van der Waals surface area (Å²) in [5.41, 5.74) is 6.88. The van der Waals surface area contributed by atoms with Crippen LogP contribution in [0.2, 0.25) is 0 Å². The number of hydrogen-bond donors (Lipinski definition) is 5. The number of esters is 1. The highest BCUT2D eigenvalue weighted by Crippen LogP contribution is 2.32. The van der Waals surface area contributed by atoms with Gasteiger partial charge in [-0.05, 0) is 54.8 Å². The minimum absolute atomic E-state index is 0.000545. The second-order valence-electron chi connectivity index (χ2n) is 8.80. The highest BCUT2D eigenvalue weighted by molar-refractivity contribution is 7.80.